The highest BCUT2D eigenvalue weighted by Crippen LogP contribution is 2.26. The fourth-order valence-corrected chi connectivity index (χ4v) is 15.9. The number of nitrogens with zero attached hydrogens (tertiary/aromatic N) is 3. The van der Waals surface area contributed by atoms with E-state index in [-0.39, 0.29) is 121 Å². The number of fused-ring (bicyclic) bond motifs is 2. The minimum Gasteiger partial charge on any atom is -0.508 e. The van der Waals surface area contributed by atoms with Gasteiger partial charge in [-0.25, -0.2) is 4.98 Å². The number of benzene rings is 3. The summed E-state index contributed by atoms with van der Waals surface area (Å²) in [7, 11) is 0. The highest BCUT2D eigenvalue weighted by Gasteiger charge is 2.44. The fraction of sp³-hybridized carbons (Fsp3) is 0.539. The van der Waals surface area contributed by atoms with Gasteiger partial charge >= 0.3 is 0 Å². The molecule has 41 heteroatoms. The summed E-state index contributed by atoms with van der Waals surface area (Å²) in [6.07, 6.45) is 5.86. The number of nitrogens with two attached hydrogens (primary N) is 4. The summed E-state index contributed by atoms with van der Waals surface area (Å²) in [5.41, 5.74) is 27.4. The minimum absolute atomic E-state index is 0.00342. The van der Waals surface area contributed by atoms with E-state index in [1.54, 1.807) is 66.2 Å². The molecule has 2 aliphatic heterocycles. The van der Waals surface area contributed by atoms with Crippen molar-refractivity contribution in [1.29, 1.82) is 0 Å². The second kappa shape index (κ2) is 50.8. The molecule has 2 aliphatic rings. The van der Waals surface area contributed by atoms with Crippen molar-refractivity contribution in [1.82, 2.24) is 93.5 Å². The lowest BCUT2D eigenvalue weighted by Gasteiger charge is -2.32. The molecule has 0 aliphatic carbocycles. The molecule has 1 unspecified atom stereocenters. The SMILES string of the molecule is CC[C@H](C)[C@H](NC(=O)[C@@H]1CCCN1C(=O)[C@H](CCC(N)=O)NC(=O)CNC(=O)[C@@H]1CCCN1C(=O)[C@H](CCCCN)NC(=O)[C@H](CC(C)C)NC(=O)[C@H](CCC(N)=O)NC(=O)[C@H](CC(C)C)NC(=O)[C@H](Cc1c[nH]c2ccccc12)NC(=O)[C@H](Cc1c[nH]cn1)NC(=O)[C@@H](N)Cc1c[nH]c2ccccc12)C(=O)N[C@@H](Cc1ccc(O)cc1)C(=O)NC(CCO)C(=O)NCCO. The zero-order valence-corrected chi connectivity index (χ0v) is 74.4. The zero-order valence-electron chi connectivity index (χ0n) is 74.4. The zero-order chi connectivity index (χ0) is 94.8. The average molecular weight is 1810 g/mol. The highest BCUT2D eigenvalue weighted by atomic mass is 16.3. The summed E-state index contributed by atoms with van der Waals surface area (Å²) in [6.45, 7) is 8.86. The number of primary amides is 2. The maximum Gasteiger partial charge on any atom is 0.245 e. The van der Waals surface area contributed by atoms with Crippen molar-refractivity contribution < 1.29 is 92.0 Å². The van der Waals surface area contributed by atoms with Crippen LogP contribution in [-0.4, -0.2) is 264 Å². The van der Waals surface area contributed by atoms with Gasteiger partial charge < -0.3 is 127 Å². The summed E-state index contributed by atoms with van der Waals surface area (Å²) in [5.74, 6) is -14.4. The summed E-state index contributed by atoms with van der Waals surface area (Å²) in [6, 6.07) is 2.83. The number of phenolic OH excluding ortho intramolecular Hbond substituents is 1. The third-order valence-corrected chi connectivity index (χ3v) is 23.0. The average Bonchev–Trinajstić information content (AvgIpc) is 1.76. The van der Waals surface area contributed by atoms with E-state index in [2.05, 4.69) is 83.7 Å². The van der Waals surface area contributed by atoms with Crippen LogP contribution in [0, 0.1) is 17.8 Å². The molecule has 41 nitrogen and oxygen atoms in total. The summed E-state index contributed by atoms with van der Waals surface area (Å²) >= 11 is 0. The molecule has 0 bridgehead atoms. The number of likely N-dealkylation sites (tertiary alicyclic amines) is 2. The van der Waals surface area contributed by atoms with Gasteiger partial charge in [0.1, 0.15) is 78.3 Å². The first-order valence-corrected chi connectivity index (χ1v) is 44.4. The van der Waals surface area contributed by atoms with Gasteiger partial charge in [0.2, 0.25) is 94.5 Å². The van der Waals surface area contributed by atoms with Crippen molar-refractivity contribution in [2.45, 2.75) is 242 Å². The number of aliphatic hydroxyl groups excluding tert-OH is 2. The Balaban J connectivity index is 0.928. The van der Waals surface area contributed by atoms with E-state index >= 15 is 4.79 Å². The molecular weight excluding hydrogens is 1680 g/mol. The number of aromatic hydroxyl groups is 1. The van der Waals surface area contributed by atoms with Crippen LogP contribution in [-0.2, 0) is 102 Å². The Morgan fingerprint density at radius 2 is 0.954 bits per heavy atom. The number of phenols is 1. The number of H-pyrrole nitrogens is 3. The van der Waals surface area contributed by atoms with Crippen LogP contribution >= 0.6 is 0 Å². The number of nitrogens with one attached hydrogen (secondary N) is 15. The Labute approximate surface area is 753 Å². The number of hydrogen-bond donors (Lipinski definition) is 22. The first-order valence-electron chi connectivity index (χ1n) is 44.4. The number of rotatable bonds is 53. The van der Waals surface area contributed by atoms with Gasteiger partial charge in [0.15, 0.2) is 0 Å². The maximum absolute atomic E-state index is 15.1. The summed E-state index contributed by atoms with van der Waals surface area (Å²) in [5, 5.41) is 62.8. The molecule has 2 saturated heterocycles. The van der Waals surface area contributed by atoms with Crippen LogP contribution in [0.4, 0.5) is 0 Å². The normalized spacial score (nSPS) is 16.5. The van der Waals surface area contributed by atoms with Gasteiger partial charge in [0, 0.05) is 98.7 Å². The number of para-hydroxylation sites is 2. The van der Waals surface area contributed by atoms with E-state index in [0.29, 0.717) is 42.5 Å². The Morgan fingerprint density at radius 1 is 0.485 bits per heavy atom. The van der Waals surface area contributed by atoms with Crippen molar-refractivity contribution in [3.63, 3.8) is 0 Å². The summed E-state index contributed by atoms with van der Waals surface area (Å²) < 4.78 is 0. The van der Waals surface area contributed by atoms with Gasteiger partial charge in [0.25, 0.3) is 0 Å². The molecular formula is C89H128N22O19. The van der Waals surface area contributed by atoms with E-state index in [0.717, 1.165) is 27.4 Å². The first-order chi connectivity index (χ1) is 62.1. The van der Waals surface area contributed by atoms with Gasteiger partial charge in [-0.05, 0) is 149 Å². The number of aromatic amines is 3. The molecule has 3 aromatic heterocycles. The molecule has 3 aromatic carbocycles. The quantitative estimate of drug-likeness (QED) is 0.0182. The Morgan fingerprint density at radius 3 is 1.48 bits per heavy atom. The predicted octanol–water partition coefficient (Wildman–Crippen LogP) is -2.09. The molecule has 14 atom stereocenters. The lowest BCUT2D eigenvalue weighted by Crippen LogP contribution is -2.61. The van der Waals surface area contributed by atoms with Crippen LogP contribution in [0.3, 0.4) is 0 Å². The van der Waals surface area contributed by atoms with E-state index in [9.17, 15) is 87.2 Å². The van der Waals surface area contributed by atoms with Gasteiger partial charge in [0.05, 0.1) is 31.2 Å². The van der Waals surface area contributed by atoms with E-state index in [1.165, 1.54) is 40.4 Å². The minimum atomic E-state index is -1.59. The van der Waals surface area contributed by atoms with Crippen molar-refractivity contribution in [2.24, 2.45) is 40.7 Å². The molecule has 26 N–H and O–H groups in total. The standard InChI is InChI=1S/C89H128N22O19/c1-7-51(6)76(87(128)108-68(40-52-23-25-56(114)26-24-52)82(123)102-63(31-36-112)78(119)95-33-37-113)109-86(127)72-22-15-35-111(72)89(130)65(28-30-74(93)116)100-75(117)47-98-85(126)71-21-14-34-110(71)88(129)64(20-12-13-32-90)103-81(122)67(39-50(4)5)105-79(120)62(27-29-73(92)115)101-80(121)66(38-49(2)3)106-83(124)69(42-54-45-97-61-19-11-9-17-58(54)61)107-84(125)70(43-55-46-94-48-99-55)104-77(118)59(91)41-53-44-96-60-18-10-8-16-57(53)60/h8-11,16-19,23-26,44-46,48-51,59,62-72,76,96-97,112-114H,7,12-15,20-22,27-43,47,90-91H2,1-6H3,(H2,92,115)(H2,93,116)(H,94,99)(H,95,119)(H,98,126)(H,100,117)(H,101,121)(H,102,123)(H,103,122)(H,104,118)(H,105,120)(H,106,124)(H,107,125)(H,108,128)(H,109,127)/t51-,59-,62-,63?,64-,65-,66-,67-,68-,69-,70-,71-,72-,76-/m0/s1. The van der Waals surface area contributed by atoms with E-state index in [1.807, 2.05) is 42.5 Å². The van der Waals surface area contributed by atoms with Crippen molar-refractivity contribution in [3.8, 4) is 5.75 Å². The Bertz CT molecular complexity index is 4870. The summed E-state index contributed by atoms with van der Waals surface area (Å²) in [4.78, 5) is 243. The second-order valence-corrected chi connectivity index (χ2v) is 34.0. The van der Waals surface area contributed by atoms with E-state index in [4.69, 9.17) is 22.9 Å². The van der Waals surface area contributed by atoms with Gasteiger partial charge in [-0.2, -0.15) is 0 Å². The number of carbonyl (C=O) groups excluding carboxylic acids is 16. The van der Waals surface area contributed by atoms with Crippen molar-refractivity contribution >= 4 is 116 Å². The van der Waals surface area contributed by atoms with Crippen molar-refractivity contribution in [2.75, 3.05) is 45.9 Å². The molecule has 16 amide bonds. The number of aromatic nitrogens is 4. The molecule has 2 fully saturated rings. The van der Waals surface area contributed by atoms with Crippen LogP contribution in [0.2, 0.25) is 0 Å². The number of amides is 16. The largest absolute Gasteiger partial charge is 0.508 e. The smallest absolute Gasteiger partial charge is 0.245 e. The van der Waals surface area contributed by atoms with Gasteiger partial charge in [-0.3, -0.25) is 76.7 Å². The topological polar surface area (TPSA) is 649 Å². The fourth-order valence-electron chi connectivity index (χ4n) is 15.9. The van der Waals surface area contributed by atoms with Crippen LogP contribution in [0.15, 0.2) is 97.7 Å². The Kier molecular flexibility index (Phi) is 40.0. The predicted molar refractivity (Wildman–Crippen MR) is 478 cm³/mol. The van der Waals surface area contributed by atoms with Gasteiger partial charge in [-0.15, -0.1) is 0 Å². The van der Waals surface area contributed by atoms with Crippen LogP contribution in [0.1, 0.15) is 160 Å². The maximum atomic E-state index is 15.1. The third-order valence-electron chi connectivity index (χ3n) is 23.0. The lowest BCUT2D eigenvalue weighted by molar-refractivity contribution is -0.143. The number of unbranched alkanes of at least 4 members (excludes halogenated alkanes) is 1. The second-order valence-electron chi connectivity index (χ2n) is 34.0. The molecule has 130 heavy (non-hydrogen) atoms. The molecule has 0 saturated carbocycles. The van der Waals surface area contributed by atoms with Crippen LogP contribution in [0.25, 0.3) is 21.8 Å². The third kappa shape index (κ3) is 30.7. The molecule has 6 aromatic rings. The highest BCUT2D eigenvalue weighted by molar-refractivity contribution is 6.01. The number of hydrogen-bond acceptors (Lipinski definition) is 22. The molecule has 0 spiro atoms. The lowest BCUT2D eigenvalue weighted by atomic mass is 9.96. The number of aliphatic hydroxyl groups is 2. The first kappa shape index (κ1) is 102. The van der Waals surface area contributed by atoms with Gasteiger partial charge in [-0.1, -0.05) is 96.5 Å². The monoisotopic (exact) mass is 1810 g/mol. The van der Waals surface area contributed by atoms with Crippen LogP contribution in [0.5, 0.6) is 5.75 Å². The molecule has 8 rings (SSSR count). The van der Waals surface area contributed by atoms with Crippen molar-refractivity contribution in [3.05, 3.63) is 120 Å². The molecule has 5 heterocycles. The molecule has 708 valence electrons. The number of imidazole rings is 1. The Hall–Kier alpha value is -12.9. The number of carbonyl (C=O) groups is 16. The van der Waals surface area contributed by atoms with Crippen LogP contribution < -0.4 is 86.7 Å². The molecule has 0 radical (unpaired) electrons. The van der Waals surface area contributed by atoms with E-state index < -0.39 is 218 Å².